The quantitative estimate of drug-likeness (QED) is 0.769. The standard InChI is InChI=1S/C15H26ClN3/c1-4-14(5-2)19-9-7-13(17-19)10-18-8-6-12(3)15(16)11-18/h7,9,12,14-15H,4-6,8,10-11H2,1-3H3. The van der Waals surface area contributed by atoms with Gasteiger partial charge in [-0.25, -0.2) is 0 Å². The van der Waals surface area contributed by atoms with Gasteiger partial charge in [-0.05, 0) is 37.8 Å². The Morgan fingerprint density at radius 2 is 2.16 bits per heavy atom. The van der Waals surface area contributed by atoms with E-state index in [1.807, 2.05) is 0 Å². The van der Waals surface area contributed by atoms with Gasteiger partial charge in [0.1, 0.15) is 0 Å². The van der Waals surface area contributed by atoms with Crippen molar-refractivity contribution in [2.24, 2.45) is 5.92 Å². The van der Waals surface area contributed by atoms with Crippen molar-refractivity contribution in [2.45, 2.75) is 58.0 Å². The van der Waals surface area contributed by atoms with Crippen LogP contribution < -0.4 is 0 Å². The van der Waals surface area contributed by atoms with Gasteiger partial charge in [-0.3, -0.25) is 9.58 Å². The molecule has 0 saturated carbocycles. The summed E-state index contributed by atoms with van der Waals surface area (Å²) in [6.45, 7) is 9.75. The van der Waals surface area contributed by atoms with Crippen molar-refractivity contribution in [3.05, 3.63) is 18.0 Å². The molecule has 2 heterocycles. The van der Waals surface area contributed by atoms with E-state index in [1.165, 1.54) is 12.1 Å². The molecule has 1 aliphatic heterocycles. The van der Waals surface area contributed by atoms with Crippen LogP contribution in [0.1, 0.15) is 51.8 Å². The van der Waals surface area contributed by atoms with Crippen molar-refractivity contribution in [2.75, 3.05) is 13.1 Å². The fraction of sp³-hybridized carbons (Fsp3) is 0.800. The van der Waals surface area contributed by atoms with E-state index in [0.717, 1.165) is 32.5 Å². The van der Waals surface area contributed by atoms with Gasteiger partial charge in [0.15, 0.2) is 0 Å². The van der Waals surface area contributed by atoms with Crippen molar-refractivity contribution < 1.29 is 0 Å². The zero-order valence-electron chi connectivity index (χ0n) is 12.3. The molecular weight excluding hydrogens is 258 g/mol. The lowest BCUT2D eigenvalue weighted by atomic mass is 9.98. The summed E-state index contributed by atoms with van der Waals surface area (Å²) in [4.78, 5) is 2.43. The number of hydrogen-bond acceptors (Lipinski definition) is 2. The Bertz CT molecular complexity index is 386. The molecule has 2 atom stereocenters. The maximum atomic E-state index is 6.36. The van der Waals surface area contributed by atoms with Crippen LogP contribution in [0.3, 0.4) is 0 Å². The number of hydrogen-bond donors (Lipinski definition) is 0. The van der Waals surface area contributed by atoms with Crippen LogP contribution in [0.5, 0.6) is 0 Å². The smallest absolute Gasteiger partial charge is 0.0764 e. The number of halogens is 1. The van der Waals surface area contributed by atoms with E-state index < -0.39 is 0 Å². The van der Waals surface area contributed by atoms with Crippen molar-refractivity contribution in [3.63, 3.8) is 0 Å². The van der Waals surface area contributed by atoms with E-state index in [4.69, 9.17) is 16.7 Å². The van der Waals surface area contributed by atoms with Crippen LogP contribution in [-0.2, 0) is 6.54 Å². The molecule has 0 N–H and O–H groups in total. The minimum absolute atomic E-state index is 0.287. The molecule has 0 spiro atoms. The first kappa shape index (κ1) is 14.9. The van der Waals surface area contributed by atoms with E-state index >= 15 is 0 Å². The molecule has 3 nitrogen and oxygen atoms in total. The first-order chi connectivity index (χ1) is 9.13. The summed E-state index contributed by atoms with van der Waals surface area (Å²) >= 11 is 6.36. The molecule has 1 aliphatic rings. The number of rotatable bonds is 5. The molecule has 1 aromatic rings. The molecule has 2 rings (SSSR count). The molecule has 0 radical (unpaired) electrons. The SMILES string of the molecule is CCC(CC)n1ccc(CN2CCC(C)C(Cl)C2)n1. The van der Waals surface area contributed by atoms with Gasteiger partial charge in [0, 0.05) is 24.7 Å². The molecule has 108 valence electrons. The topological polar surface area (TPSA) is 21.1 Å². The summed E-state index contributed by atoms with van der Waals surface area (Å²) in [5.74, 6) is 0.639. The predicted octanol–water partition coefficient (Wildman–Crippen LogP) is 3.69. The maximum Gasteiger partial charge on any atom is 0.0764 e. The normalized spacial score (nSPS) is 25.1. The van der Waals surface area contributed by atoms with Gasteiger partial charge in [0.2, 0.25) is 0 Å². The first-order valence-electron chi connectivity index (χ1n) is 7.54. The van der Waals surface area contributed by atoms with Gasteiger partial charge in [-0.15, -0.1) is 11.6 Å². The third-order valence-corrected chi connectivity index (χ3v) is 4.88. The lowest BCUT2D eigenvalue weighted by Gasteiger charge is -2.33. The van der Waals surface area contributed by atoms with Gasteiger partial charge < -0.3 is 0 Å². The molecular formula is C15H26ClN3. The highest BCUT2D eigenvalue weighted by atomic mass is 35.5. The zero-order valence-corrected chi connectivity index (χ0v) is 13.1. The highest BCUT2D eigenvalue weighted by molar-refractivity contribution is 6.21. The Hall–Kier alpha value is -0.540. The second kappa shape index (κ2) is 6.76. The lowest BCUT2D eigenvalue weighted by Crippen LogP contribution is -2.39. The van der Waals surface area contributed by atoms with Crippen LogP contribution >= 0.6 is 11.6 Å². The summed E-state index contributed by atoms with van der Waals surface area (Å²) in [6, 6.07) is 2.69. The van der Waals surface area contributed by atoms with Crippen molar-refractivity contribution in [3.8, 4) is 0 Å². The number of alkyl halides is 1. The van der Waals surface area contributed by atoms with Gasteiger partial charge in [0.05, 0.1) is 11.7 Å². The van der Waals surface area contributed by atoms with Crippen molar-refractivity contribution in [1.82, 2.24) is 14.7 Å². The average molecular weight is 284 g/mol. The monoisotopic (exact) mass is 283 g/mol. The lowest BCUT2D eigenvalue weighted by molar-refractivity contribution is 0.186. The highest BCUT2D eigenvalue weighted by Crippen LogP contribution is 2.23. The summed E-state index contributed by atoms with van der Waals surface area (Å²) in [5.41, 5.74) is 1.17. The van der Waals surface area contributed by atoms with E-state index in [9.17, 15) is 0 Å². The van der Waals surface area contributed by atoms with Gasteiger partial charge in [0.25, 0.3) is 0 Å². The molecule has 19 heavy (non-hydrogen) atoms. The van der Waals surface area contributed by atoms with Crippen LogP contribution in [0.4, 0.5) is 0 Å². The molecule has 0 aromatic carbocycles. The van der Waals surface area contributed by atoms with Crippen LogP contribution in [0.15, 0.2) is 12.3 Å². The largest absolute Gasteiger partial charge is 0.296 e. The Morgan fingerprint density at radius 3 is 2.79 bits per heavy atom. The molecule has 4 heteroatoms. The van der Waals surface area contributed by atoms with Crippen molar-refractivity contribution >= 4 is 11.6 Å². The Balaban J connectivity index is 1.93. The summed E-state index contributed by atoms with van der Waals surface area (Å²) in [5, 5.41) is 5.01. The summed E-state index contributed by atoms with van der Waals surface area (Å²) in [6.07, 6.45) is 5.60. The minimum atomic E-state index is 0.287. The van der Waals surface area contributed by atoms with Gasteiger partial charge >= 0.3 is 0 Å². The molecule has 0 bridgehead atoms. The fourth-order valence-corrected chi connectivity index (χ4v) is 3.11. The van der Waals surface area contributed by atoms with Crippen molar-refractivity contribution in [1.29, 1.82) is 0 Å². The maximum absolute atomic E-state index is 6.36. The van der Waals surface area contributed by atoms with Gasteiger partial charge in [-0.2, -0.15) is 5.10 Å². The Morgan fingerprint density at radius 1 is 1.42 bits per heavy atom. The summed E-state index contributed by atoms with van der Waals surface area (Å²) in [7, 11) is 0. The Kier molecular flexibility index (Phi) is 5.28. The molecule has 1 aromatic heterocycles. The molecule has 1 fully saturated rings. The van der Waals surface area contributed by atoms with Crippen LogP contribution in [-0.4, -0.2) is 33.1 Å². The third kappa shape index (κ3) is 3.73. The number of nitrogens with zero attached hydrogens (tertiary/aromatic N) is 3. The number of likely N-dealkylation sites (tertiary alicyclic amines) is 1. The average Bonchev–Trinajstić information content (AvgIpc) is 2.84. The molecule has 1 saturated heterocycles. The third-order valence-electron chi connectivity index (χ3n) is 4.32. The number of piperidine rings is 1. The molecule has 0 aliphatic carbocycles. The first-order valence-corrected chi connectivity index (χ1v) is 7.98. The second-order valence-corrected chi connectivity index (χ2v) is 6.34. The number of aromatic nitrogens is 2. The van der Waals surface area contributed by atoms with Crippen LogP contribution in [0.2, 0.25) is 0 Å². The Labute approximate surface area is 121 Å². The van der Waals surface area contributed by atoms with Crippen LogP contribution in [0.25, 0.3) is 0 Å². The summed E-state index contributed by atoms with van der Waals surface area (Å²) < 4.78 is 2.13. The van der Waals surface area contributed by atoms with E-state index in [2.05, 4.69) is 42.6 Å². The van der Waals surface area contributed by atoms with Crippen LogP contribution in [0, 0.1) is 5.92 Å². The van der Waals surface area contributed by atoms with E-state index in [1.54, 1.807) is 0 Å². The molecule has 2 unspecified atom stereocenters. The zero-order chi connectivity index (χ0) is 13.8. The second-order valence-electron chi connectivity index (χ2n) is 5.77. The highest BCUT2D eigenvalue weighted by Gasteiger charge is 2.24. The molecule has 0 amide bonds. The minimum Gasteiger partial charge on any atom is -0.296 e. The predicted molar refractivity (Wildman–Crippen MR) is 80.5 cm³/mol. The van der Waals surface area contributed by atoms with E-state index in [-0.39, 0.29) is 5.38 Å². The van der Waals surface area contributed by atoms with Gasteiger partial charge in [-0.1, -0.05) is 20.8 Å². The van der Waals surface area contributed by atoms with E-state index in [0.29, 0.717) is 12.0 Å². The fourth-order valence-electron chi connectivity index (χ4n) is 2.79.